The Bertz CT molecular complexity index is 902. The Morgan fingerprint density at radius 1 is 1.03 bits per heavy atom. The monoisotopic (exact) mass is 454 g/mol. The van der Waals surface area contributed by atoms with E-state index in [1.165, 1.54) is 38.5 Å². The maximum absolute atomic E-state index is 12.6. The zero-order valence-corrected chi connectivity index (χ0v) is 19.7. The van der Waals surface area contributed by atoms with Gasteiger partial charge in [-0.1, -0.05) is 19.8 Å². The fraction of sp³-hybridized carbons (Fsp3) is 0.704. The molecule has 6 heteroatoms. The lowest BCUT2D eigenvalue weighted by Crippen LogP contribution is -2.55. The summed E-state index contributed by atoms with van der Waals surface area (Å²) >= 11 is 0. The zero-order valence-electron chi connectivity index (χ0n) is 19.7. The SMILES string of the molecule is C[C@]12CCCCC1CC[C@H]1[C@@H]3CCC(C(=O)O)[C@@]3(COC(=O)Nc3ccc(N)cc3)CC[C@@H]12. The number of aliphatic carboxylic acids is 1. The molecule has 0 aromatic heterocycles. The summed E-state index contributed by atoms with van der Waals surface area (Å²) in [5.74, 6) is 1.26. The Labute approximate surface area is 196 Å². The van der Waals surface area contributed by atoms with Crippen LogP contribution in [0.1, 0.15) is 71.1 Å². The van der Waals surface area contributed by atoms with Crippen LogP contribution in [-0.2, 0) is 9.53 Å². The Hall–Kier alpha value is -2.24. The number of nitrogens with one attached hydrogen (secondary N) is 1. The molecule has 1 aromatic rings. The van der Waals surface area contributed by atoms with Crippen LogP contribution in [0.4, 0.5) is 16.2 Å². The molecule has 6 nitrogen and oxygen atoms in total. The molecule has 33 heavy (non-hydrogen) atoms. The molecule has 0 spiro atoms. The van der Waals surface area contributed by atoms with Crippen molar-refractivity contribution in [3.8, 4) is 0 Å². The molecule has 4 aliphatic carbocycles. The molecule has 0 aliphatic heterocycles. The Morgan fingerprint density at radius 2 is 1.82 bits per heavy atom. The summed E-state index contributed by atoms with van der Waals surface area (Å²) in [5.41, 5.74) is 6.93. The second-order valence-corrected chi connectivity index (χ2v) is 11.5. The van der Waals surface area contributed by atoms with Crippen molar-refractivity contribution < 1.29 is 19.4 Å². The highest BCUT2D eigenvalue weighted by Crippen LogP contribution is 2.67. The number of anilines is 2. The third kappa shape index (κ3) is 3.79. The van der Waals surface area contributed by atoms with Crippen LogP contribution in [0.3, 0.4) is 0 Å². The molecule has 1 aromatic carbocycles. The number of rotatable bonds is 4. The smallest absolute Gasteiger partial charge is 0.411 e. The standard InChI is InChI=1S/C27H38N2O4/c1-26-14-3-2-4-17(26)5-10-20-21(26)13-15-27(22(20)11-12-23(27)24(30)31)16-33-25(32)29-19-8-6-18(28)7-9-19/h6-9,17,20-23H,2-5,10-16,28H2,1H3,(H,29,32)(H,30,31)/t17?,20-,21+,22+,23?,26+,27-/m1/s1. The van der Waals surface area contributed by atoms with Gasteiger partial charge in [0.25, 0.3) is 0 Å². The van der Waals surface area contributed by atoms with Crippen LogP contribution in [0, 0.1) is 40.4 Å². The molecule has 4 fully saturated rings. The third-order valence-electron chi connectivity index (χ3n) is 10.2. The van der Waals surface area contributed by atoms with Gasteiger partial charge in [-0.3, -0.25) is 10.1 Å². The number of ether oxygens (including phenoxy) is 1. The molecule has 0 saturated heterocycles. The number of hydrogen-bond acceptors (Lipinski definition) is 4. The molecule has 7 atom stereocenters. The molecule has 180 valence electrons. The summed E-state index contributed by atoms with van der Waals surface area (Å²) in [7, 11) is 0. The van der Waals surface area contributed by atoms with Crippen LogP contribution in [0.5, 0.6) is 0 Å². The zero-order chi connectivity index (χ0) is 23.2. The van der Waals surface area contributed by atoms with E-state index in [-0.39, 0.29) is 6.61 Å². The van der Waals surface area contributed by atoms with E-state index >= 15 is 0 Å². The lowest BCUT2D eigenvalue weighted by atomic mass is 9.44. The number of carboxylic acids is 1. The van der Waals surface area contributed by atoms with Crippen LogP contribution in [0.25, 0.3) is 0 Å². The second kappa shape index (κ2) is 8.52. The average molecular weight is 455 g/mol. The molecular weight excluding hydrogens is 416 g/mol. The van der Waals surface area contributed by atoms with Gasteiger partial charge in [0.1, 0.15) is 0 Å². The minimum absolute atomic E-state index is 0.193. The van der Waals surface area contributed by atoms with E-state index < -0.39 is 23.4 Å². The predicted octanol–water partition coefficient (Wildman–Crippen LogP) is 5.93. The quantitative estimate of drug-likeness (QED) is 0.489. The Balaban J connectivity index is 1.34. The number of amides is 1. The van der Waals surface area contributed by atoms with Gasteiger partial charge in [0.2, 0.25) is 0 Å². The van der Waals surface area contributed by atoms with Crippen molar-refractivity contribution in [2.24, 2.45) is 40.4 Å². The summed E-state index contributed by atoms with van der Waals surface area (Å²) in [6, 6.07) is 6.93. The third-order valence-corrected chi connectivity index (χ3v) is 10.2. The molecule has 2 unspecified atom stereocenters. The molecule has 5 rings (SSSR count). The van der Waals surface area contributed by atoms with Crippen LogP contribution >= 0.6 is 0 Å². The summed E-state index contributed by atoms with van der Waals surface area (Å²) in [6.07, 6.45) is 10.9. The van der Waals surface area contributed by atoms with Crippen molar-refractivity contribution in [3.63, 3.8) is 0 Å². The highest BCUT2D eigenvalue weighted by Gasteiger charge is 2.63. The van der Waals surface area contributed by atoms with Crippen molar-refractivity contribution in [1.29, 1.82) is 0 Å². The maximum Gasteiger partial charge on any atom is 0.411 e. The highest BCUT2D eigenvalue weighted by molar-refractivity contribution is 5.84. The first-order valence-electron chi connectivity index (χ1n) is 12.9. The van der Waals surface area contributed by atoms with Gasteiger partial charge >= 0.3 is 12.1 Å². The van der Waals surface area contributed by atoms with E-state index in [0.29, 0.717) is 41.0 Å². The van der Waals surface area contributed by atoms with E-state index in [4.69, 9.17) is 10.5 Å². The number of carbonyl (C=O) groups excluding carboxylic acids is 1. The number of carbonyl (C=O) groups is 2. The van der Waals surface area contributed by atoms with Crippen LogP contribution in [0.15, 0.2) is 24.3 Å². The lowest BCUT2D eigenvalue weighted by molar-refractivity contribution is -0.158. The van der Waals surface area contributed by atoms with E-state index in [1.807, 2.05) is 0 Å². The van der Waals surface area contributed by atoms with Gasteiger partial charge in [-0.15, -0.1) is 0 Å². The lowest BCUT2D eigenvalue weighted by Gasteiger charge is -2.60. The topological polar surface area (TPSA) is 102 Å². The van der Waals surface area contributed by atoms with E-state index in [9.17, 15) is 14.7 Å². The van der Waals surface area contributed by atoms with E-state index in [2.05, 4.69) is 12.2 Å². The van der Waals surface area contributed by atoms with Gasteiger partial charge in [0.05, 0.1) is 12.5 Å². The van der Waals surface area contributed by atoms with Gasteiger partial charge in [0, 0.05) is 16.8 Å². The van der Waals surface area contributed by atoms with E-state index in [0.717, 1.165) is 25.2 Å². The van der Waals surface area contributed by atoms with Crippen LogP contribution < -0.4 is 11.1 Å². The molecule has 4 aliphatic rings. The fourth-order valence-corrected chi connectivity index (χ4v) is 8.68. The first-order valence-corrected chi connectivity index (χ1v) is 12.9. The van der Waals surface area contributed by atoms with Crippen LogP contribution in [0.2, 0.25) is 0 Å². The summed E-state index contributed by atoms with van der Waals surface area (Å²) < 4.78 is 5.77. The molecule has 4 N–H and O–H groups in total. The number of nitrogens with two attached hydrogens (primary N) is 1. The van der Waals surface area contributed by atoms with Crippen molar-refractivity contribution in [2.75, 3.05) is 17.7 Å². The summed E-state index contributed by atoms with van der Waals surface area (Å²) in [6.45, 7) is 2.72. The summed E-state index contributed by atoms with van der Waals surface area (Å²) in [5, 5.41) is 12.9. The van der Waals surface area contributed by atoms with Crippen molar-refractivity contribution in [1.82, 2.24) is 0 Å². The first kappa shape index (κ1) is 22.5. The highest BCUT2D eigenvalue weighted by atomic mass is 16.5. The normalized spacial score (nSPS) is 39.6. The Kier molecular flexibility index (Phi) is 5.82. The van der Waals surface area contributed by atoms with Gasteiger partial charge < -0.3 is 15.6 Å². The van der Waals surface area contributed by atoms with Gasteiger partial charge in [-0.05, 0) is 105 Å². The fourth-order valence-electron chi connectivity index (χ4n) is 8.68. The molecular formula is C27H38N2O4. The number of carboxylic acid groups (broad SMARTS) is 1. The van der Waals surface area contributed by atoms with Gasteiger partial charge in [-0.25, -0.2) is 4.79 Å². The van der Waals surface area contributed by atoms with Gasteiger partial charge in [-0.2, -0.15) is 0 Å². The van der Waals surface area contributed by atoms with E-state index in [1.54, 1.807) is 24.3 Å². The van der Waals surface area contributed by atoms with Crippen LogP contribution in [-0.4, -0.2) is 23.8 Å². The molecule has 0 heterocycles. The summed E-state index contributed by atoms with van der Waals surface area (Å²) in [4.78, 5) is 24.9. The first-order chi connectivity index (χ1) is 15.8. The predicted molar refractivity (Wildman–Crippen MR) is 128 cm³/mol. The van der Waals surface area contributed by atoms with Crippen molar-refractivity contribution in [2.45, 2.75) is 71.1 Å². The van der Waals surface area contributed by atoms with Crippen molar-refractivity contribution in [3.05, 3.63) is 24.3 Å². The minimum atomic E-state index is -0.726. The minimum Gasteiger partial charge on any atom is -0.481 e. The number of nitrogen functional groups attached to an aromatic ring is 1. The second-order valence-electron chi connectivity index (χ2n) is 11.5. The molecule has 1 amide bonds. The molecule has 0 radical (unpaired) electrons. The van der Waals surface area contributed by atoms with Crippen molar-refractivity contribution >= 4 is 23.4 Å². The molecule has 4 saturated carbocycles. The van der Waals surface area contributed by atoms with Gasteiger partial charge in [0.15, 0.2) is 0 Å². The number of fused-ring (bicyclic) bond motifs is 5. The molecule has 0 bridgehead atoms. The Morgan fingerprint density at radius 3 is 2.58 bits per heavy atom. The largest absolute Gasteiger partial charge is 0.481 e. The number of benzene rings is 1. The number of hydrogen-bond donors (Lipinski definition) is 3. The average Bonchev–Trinajstić information content (AvgIpc) is 3.19. The maximum atomic E-state index is 12.6.